The molecular formula is C19H16ClF3N2O3. The first-order valence-electron chi connectivity index (χ1n) is 8.35. The summed E-state index contributed by atoms with van der Waals surface area (Å²) in [5.74, 6) is -0.329. The van der Waals surface area contributed by atoms with Crippen molar-refractivity contribution < 1.29 is 27.5 Å². The average Bonchev–Trinajstić information content (AvgIpc) is 2.61. The number of nitrogens with zero attached hydrogens (tertiary/aromatic N) is 1. The predicted molar refractivity (Wildman–Crippen MR) is 98.7 cm³/mol. The molecule has 0 spiro atoms. The van der Waals surface area contributed by atoms with Crippen LogP contribution in [-0.2, 0) is 15.8 Å². The van der Waals surface area contributed by atoms with Crippen LogP contribution in [0.5, 0.6) is 5.75 Å². The third-order valence-corrected chi connectivity index (χ3v) is 4.52. The van der Waals surface area contributed by atoms with Crippen molar-refractivity contribution in [3.8, 4) is 5.75 Å². The molecule has 0 saturated heterocycles. The monoisotopic (exact) mass is 412 g/mol. The number of carbonyl (C=O) groups is 2. The summed E-state index contributed by atoms with van der Waals surface area (Å²) in [5, 5.41) is 2.36. The molecule has 0 atom stereocenters. The lowest BCUT2D eigenvalue weighted by molar-refractivity contribution is -0.137. The molecule has 2 aromatic carbocycles. The highest BCUT2D eigenvalue weighted by Gasteiger charge is 2.31. The summed E-state index contributed by atoms with van der Waals surface area (Å²) in [6.07, 6.45) is -4.67. The number of benzene rings is 2. The molecule has 28 heavy (non-hydrogen) atoms. The number of hydrogen-bond acceptors (Lipinski definition) is 3. The van der Waals surface area contributed by atoms with Crippen LogP contribution in [0.1, 0.15) is 17.5 Å². The Morgan fingerprint density at radius 1 is 1.25 bits per heavy atom. The number of nitrogens with one attached hydrogen (secondary N) is 1. The lowest BCUT2D eigenvalue weighted by Gasteiger charge is -2.29. The fourth-order valence-corrected chi connectivity index (χ4v) is 2.95. The second kappa shape index (κ2) is 7.71. The van der Waals surface area contributed by atoms with Crippen molar-refractivity contribution in [3.05, 3.63) is 52.5 Å². The number of hydrogen-bond donors (Lipinski definition) is 1. The second-order valence-corrected chi connectivity index (χ2v) is 6.70. The lowest BCUT2D eigenvalue weighted by Crippen LogP contribution is -2.40. The maximum Gasteiger partial charge on any atom is 0.416 e. The molecule has 0 saturated carbocycles. The fraction of sp³-hybridized carbons (Fsp3) is 0.263. The third-order valence-electron chi connectivity index (χ3n) is 4.19. The quantitative estimate of drug-likeness (QED) is 0.808. The molecule has 0 bridgehead atoms. The van der Waals surface area contributed by atoms with E-state index in [4.69, 9.17) is 16.3 Å². The zero-order chi connectivity index (χ0) is 20.5. The van der Waals surface area contributed by atoms with Crippen LogP contribution in [-0.4, -0.2) is 25.0 Å². The van der Waals surface area contributed by atoms with Crippen LogP contribution in [0.25, 0.3) is 0 Å². The number of anilines is 2. The minimum atomic E-state index is -4.55. The van der Waals surface area contributed by atoms with Gasteiger partial charge in [0.2, 0.25) is 5.91 Å². The summed E-state index contributed by atoms with van der Waals surface area (Å²) in [6, 6.07) is 8.04. The molecule has 0 aliphatic carbocycles. The van der Waals surface area contributed by atoms with E-state index < -0.39 is 17.6 Å². The molecule has 0 fully saturated rings. The highest BCUT2D eigenvalue weighted by molar-refractivity contribution is 6.33. The van der Waals surface area contributed by atoms with E-state index in [9.17, 15) is 22.8 Å². The van der Waals surface area contributed by atoms with Crippen molar-refractivity contribution >= 4 is 34.8 Å². The molecule has 9 heteroatoms. The molecule has 1 aliphatic heterocycles. The fourth-order valence-electron chi connectivity index (χ4n) is 2.78. The maximum atomic E-state index is 12.8. The zero-order valence-corrected chi connectivity index (χ0v) is 15.5. The summed E-state index contributed by atoms with van der Waals surface area (Å²) in [5.41, 5.74) is 0.425. The molecule has 0 aromatic heterocycles. The largest absolute Gasteiger partial charge is 0.482 e. The molecule has 3 rings (SSSR count). The van der Waals surface area contributed by atoms with Gasteiger partial charge >= 0.3 is 6.18 Å². The summed E-state index contributed by atoms with van der Waals surface area (Å²) < 4.78 is 43.9. The molecule has 1 heterocycles. The van der Waals surface area contributed by atoms with Gasteiger partial charge in [-0.05, 0) is 42.8 Å². The zero-order valence-electron chi connectivity index (χ0n) is 14.8. The summed E-state index contributed by atoms with van der Waals surface area (Å²) in [6.45, 7) is 1.78. The lowest BCUT2D eigenvalue weighted by atomic mass is 10.1. The smallest absolute Gasteiger partial charge is 0.416 e. The number of rotatable bonds is 4. The standard InChI is InChI=1S/C19H16ClF3N2O3/c1-11-2-5-16-15(8-11)25(18(27)10-28-16)7-6-17(26)24-14-9-12(19(21,22)23)3-4-13(14)20/h2-5,8-9H,6-7,10H2,1H3,(H,24,26). The van der Waals surface area contributed by atoms with Gasteiger partial charge in [-0.3, -0.25) is 9.59 Å². The van der Waals surface area contributed by atoms with Crippen LogP contribution in [0.3, 0.4) is 0 Å². The summed E-state index contributed by atoms with van der Waals surface area (Å²) in [7, 11) is 0. The minimum absolute atomic E-state index is 0.00947. The van der Waals surface area contributed by atoms with Crippen LogP contribution in [0.15, 0.2) is 36.4 Å². The Labute approximate surface area is 164 Å². The molecule has 2 aromatic rings. The summed E-state index contributed by atoms with van der Waals surface area (Å²) >= 11 is 5.88. The first kappa shape index (κ1) is 20.0. The van der Waals surface area contributed by atoms with Crippen LogP contribution in [0.2, 0.25) is 5.02 Å². The van der Waals surface area contributed by atoms with E-state index in [0.29, 0.717) is 11.4 Å². The summed E-state index contributed by atoms with van der Waals surface area (Å²) in [4.78, 5) is 25.8. The van der Waals surface area contributed by atoms with Gasteiger partial charge in [0.15, 0.2) is 6.61 Å². The molecule has 2 amide bonds. The van der Waals surface area contributed by atoms with Gasteiger partial charge in [-0.2, -0.15) is 13.2 Å². The van der Waals surface area contributed by atoms with E-state index in [2.05, 4.69) is 5.32 Å². The molecule has 1 N–H and O–H groups in total. The van der Waals surface area contributed by atoms with Crippen molar-refractivity contribution in [3.63, 3.8) is 0 Å². The number of carbonyl (C=O) groups excluding carboxylic acids is 2. The van der Waals surface area contributed by atoms with Gasteiger partial charge in [0, 0.05) is 13.0 Å². The van der Waals surface area contributed by atoms with E-state index in [-0.39, 0.29) is 36.2 Å². The number of fused-ring (bicyclic) bond motifs is 1. The number of amides is 2. The first-order chi connectivity index (χ1) is 13.1. The maximum absolute atomic E-state index is 12.8. The molecule has 1 aliphatic rings. The average molecular weight is 413 g/mol. The van der Waals surface area contributed by atoms with Gasteiger partial charge in [0.25, 0.3) is 5.91 Å². The number of alkyl halides is 3. The van der Waals surface area contributed by atoms with Crippen molar-refractivity contribution in [2.45, 2.75) is 19.5 Å². The Balaban J connectivity index is 1.70. The number of aryl methyl sites for hydroxylation is 1. The number of ether oxygens (including phenoxy) is 1. The van der Waals surface area contributed by atoms with Crippen molar-refractivity contribution in [2.24, 2.45) is 0 Å². The van der Waals surface area contributed by atoms with Crippen LogP contribution in [0.4, 0.5) is 24.5 Å². The van der Waals surface area contributed by atoms with E-state index >= 15 is 0 Å². The van der Waals surface area contributed by atoms with Gasteiger partial charge in [0.05, 0.1) is 22.0 Å². The predicted octanol–water partition coefficient (Wildman–Crippen LogP) is 4.42. The Kier molecular flexibility index (Phi) is 5.51. The van der Waals surface area contributed by atoms with E-state index in [1.54, 1.807) is 12.1 Å². The SMILES string of the molecule is Cc1ccc2c(c1)N(CCC(=O)Nc1cc(C(F)(F)F)ccc1Cl)C(=O)CO2. The van der Waals surface area contributed by atoms with Crippen molar-refractivity contribution in [1.29, 1.82) is 0 Å². The molecule has 0 radical (unpaired) electrons. The highest BCUT2D eigenvalue weighted by Crippen LogP contribution is 2.35. The first-order valence-corrected chi connectivity index (χ1v) is 8.73. The highest BCUT2D eigenvalue weighted by atomic mass is 35.5. The Hall–Kier alpha value is -2.74. The van der Waals surface area contributed by atoms with Gasteiger partial charge in [-0.15, -0.1) is 0 Å². The second-order valence-electron chi connectivity index (χ2n) is 6.30. The van der Waals surface area contributed by atoms with Gasteiger partial charge in [0.1, 0.15) is 5.75 Å². The van der Waals surface area contributed by atoms with Crippen molar-refractivity contribution in [2.75, 3.05) is 23.4 Å². The molecule has 0 unspecified atom stereocenters. The minimum Gasteiger partial charge on any atom is -0.482 e. The Morgan fingerprint density at radius 3 is 2.71 bits per heavy atom. The normalized spacial score (nSPS) is 13.8. The number of halogens is 4. The molecular weight excluding hydrogens is 397 g/mol. The Bertz CT molecular complexity index is 931. The third kappa shape index (κ3) is 4.39. The van der Waals surface area contributed by atoms with Crippen LogP contribution >= 0.6 is 11.6 Å². The molecule has 148 valence electrons. The van der Waals surface area contributed by atoms with Crippen LogP contribution in [0, 0.1) is 6.92 Å². The van der Waals surface area contributed by atoms with Gasteiger partial charge in [-0.1, -0.05) is 17.7 Å². The van der Waals surface area contributed by atoms with Crippen molar-refractivity contribution in [1.82, 2.24) is 0 Å². The Morgan fingerprint density at radius 2 is 2.00 bits per heavy atom. The topological polar surface area (TPSA) is 58.6 Å². The van der Waals surface area contributed by atoms with E-state index in [1.807, 2.05) is 13.0 Å². The van der Waals surface area contributed by atoms with Crippen LogP contribution < -0.4 is 15.0 Å². The van der Waals surface area contributed by atoms with Gasteiger partial charge < -0.3 is 15.0 Å². The molecule has 5 nitrogen and oxygen atoms in total. The van der Waals surface area contributed by atoms with E-state index in [1.165, 1.54) is 4.90 Å². The van der Waals surface area contributed by atoms with Gasteiger partial charge in [-0.25, -0.2) is 0 Å². The van der Waals surface area contributed by atoms with E-state index in [0.717, 1.165) is 23.8 Å².